The molecule has 0 amide bonds. The van der Waals surface area contributed by atoms with Crippen LogP contribution < -0.4 is 14.2 Å². The van der Waals surface area contributed by atoms with Gasteiger partial charge in [0.2, 0.25) is 0 Å². The van der Waals surface area contributed by atoms with E-state index in [0.717, 1.165) is 48.5 Å². The lowest BCUT2D eigenvalue weighted by molar-refractivity contribution is 0.192. The molecule has 0 saturated carbocycles. The second kappa shape index (κ2) is 12.2. The molecule has 2 aromatic carbocycles. The fourth-order valence-electron chi connectivity index (χ4n) is 3.23. The molecular weight excluding hydrogens is 396 g/mol. The minimum atomic E-state index is 0.105. The van der Waals surface area contributed by atoms with Crippen molar-refractivity contribution >= 4 is 0 Å². The van der Waals surface area contributed by atoms with E-state index < -0.39 is 0 Å². The summed E-state index contributed by atoms with van der Waals surface area (Å²) in [5, 5.41) is 0. The molecule has 0 bridgehead atoms. The van der Waals surface area contributed by atoms with Gasteiger partial charge in [-0.1, -0.05) is 53.9 Å². The van der Waals surface area contributed by atoms with Gasteiger partial charge in [0.15, 0.2) is 0 Å². The Morgan fingerprint density at radius 1 is 0.781 bits per heavy atom. The zero-order valence-electron chi connectivity index (χ0n) is 20.3. The van der Waals surface area contributed by atoms with Crippen molar-refractivity contribution in [2.45, 2.75) is 66.4 Å². The molecule has 0 unspecified atom stereocenters. The second-order valence-corrected chi connectivity index (χ2v) is 8.30. The highest BCUT2D eigenvalue weighted by molar-refractivity contribution is 5.38. The van der Waals surface area contributed by atoms with Crippen LogP contribution in [0.4, 0.5) is 0 Å². The fraction of sp³-hybridized carbons (Fsp3) is 0.379. The van der Waals surface area contributed by atoms with E-state index in [2.05, 4.69) is 47.8 Å². The number of rotatable bonds is 13. The molecule has 0 saturated heterocycles. The normalized spacial score (nSPS) is 11.6. The minimum absolute atomic E-state index is 0.105. The van der Waals surface area contributed by atoms with Crippen LogP contribution in [0.3, 0.4) is 0 Å². The van der Waals surface area contributed by atoms with Crippen LogP contribution in [0.2, 0.25) is 0 Å². The van der Waals surface area contributed by atoms with E-state index in [1.165, 1.54) is 0 Å². The van der Waals surface area contributed by atoms with Crippen molar-refractivity contribution in [3.05, 3.63) is 85.2 Å². The predicted molar refractivity (Wildman–Crippen MR) is 135 cm³/mol. The third-order valence-corrected chi connectivity index (χ3v) is 6.15. The van der Waals surface area contributed by atoms with Crippen LogP contribution in [0.1, 0.15) is 60.3 Å². The Hall–Kier alpha value is -2.94. The molecule has 3 heteroatoms. The monoisotopic (exact) mass is 434 g/mol. The fourth-order valence-corrected chi connectivity index (χ4v) is 3.23. The standard InChI is InChI=1S/C29H38O3/c1-8-24(9-2)31-26-18-20-28(21-19-26)32-27-16-14-25(15-17-27)30-23(6)13-12-22(5)29(7,10-3)11-4/h12-21,24H,5-6,8-11H2,1-4,7H3/b13-12-. The predicted octanol–water partition coefficient (Wildman–Crippen LogP) is 8.88. The summed E-state index contributed by atoms with van der Waals surface area (Å²) >= 11 is 0. The maximum atomic E-state index is 5.95. The van der Waals surface area contributed by atoms with Crippen molar-refractivity contribution in [2.75, 3.05) is 0 Å². The lowest BCUT2D eigenvalue weighted by atomic mass is 9.78. The lowest BCUT2D eigenvalue weighted by Crippen LogP contribution is -2.15. The molecule has 0 N–H and O–H groups in total. The molecule has 0 radical (unpaired) electrons. The highest BCUT2D eigenvalue weighted by atomic mass is 16.5. The lowest BCUT2D eigenvalue weighted by Gasteiger charge is -2.27. The molecule has 2 rings (SSSR count). The molecule has 0 aliphatic heterocycles. The van der Waals surface area contributed by atoms with E-state index in [4.69, 9.17) is 14.2 Å². The third kappa shape index (κ3) is 7.33. The van der Waals surface area contributed by atoms with E-state index in [1.807, 2.05) is 60.7 Å². The first-order valence-corrected chi connectivity index (χ1v) is 11.6. The van der Waals surface area contributed by atoms with Crippen LogP contribution >= 0.6 is 0 Å². The summed E-state index contributed by atoms with van der Waals surface area (Å²) in [5.41, 5.74) is 1.20. The van der Waals surface area contributed by atoms with Gasteiger partial charge in [0.1, 0.15) is 28.8 Å². The molecule has 0 fully saturated rings. The summed E-state index contributed by atoms with van der Waals surface area (Å²) < 4.78 is 17.7. The average molecular weight is 435 g/mol. The maximum absolute atomic E-state index is 5.95. The van der Waals surface area contributed by atoms with Gasteiger partial charge in [-0.2, -0.15) is 0 Å². The first kappa shape index (κ1) is 25.3. The molecular formula is C29H38O3. The number of ether oxygens (including phenoxy) is 3. The van der Waals surface area contributed by atoms with E-state index in [-0.39, 0.29) is 11.5 Å². The third-order valence-electron chi connectivity index (χ3n) is 6.15. The van der Waals surface area contributed by atoms with Crippen LogP contribution in [0.15, 0.2) is 85.2 Å². The van der Waals surface area contributed by atoms with E-state index in [9.17, 15) is 0 Å². The first-order chi connectivity index (χ1) is 15.3. The Morgan fingerprint density at radius 2 is 1.25 bits per heavy atom. The molecule has 0 aromatic heterocycles. The summed E-state index contributed by atoms with van der Waals surface area (Å²) in [6.07, 6.45) is 8.23. The smallest absolute Gasteiger partial charge is 0.127 e. The number of hydrogen-bond donors (Lipinski definition) is 0. The van der Waals surface area contributed by atoms with Crippen molar-refractivity contribution in [3.63, 3.8) is 0 Å². The Labute approximate surface area is 194 Å². The van der Waals surface area contributed by atoms with Crippen molar-refractivity contribution in [2.24, 2.45) is 5.41 Å². The molecule has 0 aliphatic carbocycles. The zero-order chi connectivity index (χ0) is 23.6. The highest BCUT2D eigenvalue weighted by Crippen LogP contribution is 2.34. The van der Waals surface area contributed by atoms with Crippen molar-refractivity contribution in [3.8, 4) is 23.0 Å². The van der Waals surface area contributed by atoms with Crippen LogP contribution in [0, 0.1) is 5.41 Å². The summed E-state index contributed by atoms with van der Waals surface area (Å²) in [4.78, 5) is 0. The topological polar surface area (TPSA) is 27.7 Å². The molecule has 0 aliphatic rings. The van der Waals surface area contributed by atoms with Crippen LogP contribution in [-0.2, 0) is 0 Å². The molecule has 2 aromatic rings. The van der Waals surface area contributed by atoms with Gasteiger partial charge in [-0.05, 0) is 91.3 Å². The van der Waals surface area contributed by atoms with Crippen LogP contribution in [-0.4, -0.2) is 6.10 Å². The van der Waals surface area contributed by atoms with E-state index in [1.54, 1.807) is 0 Å². The van der Waals surface area contributed by atoms with Crippen LogP contribution in [0.5, 0.6) is 23.0 Å². The highest BCUT2D eigenvalue weighted by Gasteiger charge is 2.21. The Balaban J connectivity index is 1.91. The molecule has 3 nitrogen and oxygen atoms in total. The van der Waals surface area contributed by atoms with Gasteiger partial charge in [-0.15, -0.1) is 0 Å². The molecule has 172 valence electrons. The van der Waals surface area contributed by atoms with Crippen molar-refractivity contribution < 1.29 is 14.2 Å². The van der Waals surface area contributed by atoms with E-state index >= 15 is 0 Å². The summed E-state index contributed by atoms with van der Waals surface area (Å²) in [6, 6.07) is 15.2. The van der Waals surface area contributed by atoms with Gasteiger partial charge in [-0.3, -0.25) is 0 Å². The van der Waals surface area contributed by atoms with Crippen LogP contribution in [0.25, 0.3) is 0 Å². The van der Waals surface area contributed by atoms with Gasteiger partial charge >= 0.3 is 0 Å². The van der Waals surface area contributed by atoms with Gasteiger partial charge in [0, 0.05) is 0 Å². The molecule has 0 spiro atoms. The Morgan fingerprint density at radius 3 is 1.72 bits per heavy atom. The summed E-state index contributed by atoms with van der Waals surface area (Å²) in [5.74, 6) is 3.64. The summed E-state index contributed by atoms with van der Waals surface area (Å²) in [6.45, 7) is 19.1. The van der Waals surface area contributed by atoms with Crippen molar-refractivity contribution in [1.82, 2.24) is 0 Å². The average Bonchev–Trinajstić information content (AvgIpc) is 2.82. The van der Waals surface area contributed by atoms with Gasteiger partial charge < -0.3 is 14.2 Å². The SMILES string of the molecule is C=C(/C=C\C(=C)C(C)(CC)CC)Oc1ccc(Oc2ccc(OC(CC)CC)cc2)cc1. The Kier molecular flexibility index (Phi) is 9.64. The first-order valence-electron chi connectivity index (χ1n) is 11.6. The molecule has 0 atom stereocenters. The Bertz CT molecular complexity index is 883. The van der Waals surface area contributed by atoms with E-state index in [0.29, 0.717) is 11.5 Å². The number of benzene rings is 2. The minimum Gasteiger partial charge on any atom is -0.490 e. The quantitative estimate of drug-likeness (QED) is 0.233. The number of hydrogen-bond acceptors (Lipinski definition) is 3. The maximum Gasteiger partial charge on any atom is 0.127 e. The zero-order valence-corrected chi connectivity index (χ0v) is 20.3. The van der Waals surface area contributed by atoms with Gasteiger partial charge in [0.25, 0.3) is 0 Å². The van der Waals surface area contributed by atoms with Crippen molar-refractivity contribution in [1.29, 1.82) is 0 Å². The number of allylic oxidation sites excluding steroid dienone is 3. The van der Waals surface area contributed by atoms with Gasteiger partial charge in [-0.25, -0.2) is 0 Å². The summed E-state index contributed by atoms with van der Waals surface area (Å²) in [7, 11) is 0. The second-order valence-electron chi connectivity index (χ2n) is 8.30. The van der Waals surface area contributed by atoms with Gasteiger partial charge in [0.05, 0.1) is 6.10 Å². The largest absolute Gasteiger partial charge is 0.490 e. The molecule has 0 heterocycles. The molecule has 32 heavy (non-hydrogen) atoms.